The number of pyridine rings is 1. The Kier molecular flexibility index (Phi) is 8.39. The third-order valence-corrected chi connectivity index (χ3v) is 6.23. The number of amides is 1. The molecule has 1 amide bonds. The average molecular weight is 453 g/mol. The van der Waals surface area contributed by atoms with E-state index in [2.05, 4.69) is 14.7 Å². The van der Waals surface area contributed by atoms with Gasteiger partial charge in [0, 0.05) is 12.2 Å². The van der Waals surface area contributed by atoms with Crippen molar-refractivity contribution in [3.05, 3.63) is 58.4 Å². The second-order valence-corrected chi connectivity index (χ2v) is 9.81. The van der Waals surface area contributed by atoms with Crippen molar-refractivity contribution in [3.63, 3.8) is 0 Å². The van der Waals surface area contributed by atoms with Gasteiger partial charge in [-0.05, 0) is 53.8 Å². The number of nitrogens with two attached hydrogens (primary N) is 1. The van der Waals surface area contributed by atoms with Crippen LogP contribution < -0.4 is 10.5 Å². The van der Waals surface area contributed by atoms with Crippen LogP contribution in [-0.2, 0) is 27.7 Å². The van der Waals surface area contributed by atoms with Gasteiger partial charge in [0.15, 0.2) is 0 Å². The van der Waals surface area contributed by atoms with Crippen molar-refractivity contribution in [3.8, 4) is 0 Å². The van der Waals surface area contributed by atoms with Crippen LogP contribution in [0.2, 0.25) is 0 Å². The Labute approximate surface area is 183 Å². The summed E-state index contributed by atoms with van der Waals surface area (Å²) in [6.07, 6.45) is -2.91. The first kappa shape index (κ1) is 25.0. The maximum atomic E-state index is 13.3. The summed E-state index contributed by atoms with van der Waals surface area (Å²) in [5.41, 5.74) is 2.23. The first-order valence-corrected chi connectivity index (χ1v) is 11.7. The number of rotatable bonds is 8. The van der Waals surface area contributed by atoms with Crippen molar-refractivity contribution < 1.29 is 17.8 Å². The molecule has 0 aliphatic carbocycles. The number of hydrogen-bond donors (Lipinski definition) is 2. The molecule has 2 aromatic rings. The topological polar surface area (TPSA) is 97.4 Å². The molecule has 1 unspecified atom stereocenters. The van der Waals surface area contributed by atoms with E-state index in [4.69, 9.17) is 5.14 Å². The van der Waals surface area contributed by atoms with Gasteiger partial charge in [0.25, 0.3) is 12.3 Å². The van der Waals surface area contributed by atoms with E-state index in [1.807, 2.05) is 34.7 Å². The van der Waals surface area contributed by atoms with Gasteiger partial charge >= 0.3 is 0 Å². The van der Waals surface area contributed by atoms with Gasteiger partial charge in [0.2, 0.25) is 0 Å². The lowest BCUT2D eigenvalue weighted by atomic mass is 9.90. The van der Waals surface area contributed by atoms with Gasteiger partial charge in [-0.1, -0.05) is 39.8 Å². The molecule has 0 spiro atoms. The zero-order chi connectivity index (χ0) is 23.3. The third kappa shape index (κ3) is 6.38. The normalized spacial score (nSPS) is 13.6. The Hall–Kier alpha value is -2.23. The van der Waals surface area contributed by atoms with Gasteiger partial charge in [-0.2, -0.15) is 0 Å². The molecule has 1 atom stereocenters. The quantitative estimate of drug-likeness (QED) is 0.618. The molecule has 1 aromatic heterocycles. The number of nitrogens with zero attached hydrogens (tertiary/aromatic N) is 2. The van der Waals surface area contributed by atoms with Crippen LogP contribution in [0.5, 0.6) is 0 Å². The zero-order valence-corrected chi connectivity index (χ0v) is 19.3. The molecule has 0 aliphatic rings. The summed E-state index contributed by atoms with van der Waals surface area (Å²) in [6, 6.07) is 8.04. The number of aromatic nitrogens is 1. The van der Waals surface area contributed by atoms with Crippen molar-refractivity contribution >= 4 is 15.8 Å². The van der Waals surface area contributed by atoms with Gasteiger partial charge in [-0.25, -0.2) is 18.1 Å². The summed E-state index contributed by atoms with van der Waals surface area (Å²) in [5.74, 6) is -0.967. The van der Waals surface area contributed by atoms with E-state index in [0.29, 0.717) is 23.4 Å². The highest BCUT2D eigenvalue weighted by Gasteiger charge is 2.23. The van der Waals surface area contributed by atoms with Crippen molar-refractivity contribution in [1.29, 1.82) is 0 Å². The molecule has 9 heteroatoms. The van der Waals surface area contributed by atoms with Crippen molar-refractivity contribution in [2.75, 3.05) is 7.05 Å². The molecule has 0 saturated heterocycles. The van der Waals surface area contributed by atoms with Crippen LogP contribution in [0.15, 0.2) is 39.6 Å². The summed E-state index contributed by atoms with van der Waals surface area (Å²) in [5, 5.41) is 8.89. The highest BCUT2D eigenvalue weighted by molar-refractivity contribution is 7.91. The van der Waals surface area contributed by atoms with Crippen LogP contribution in [0, 0.1) is 0 Å². The Morgan fingerprint density at radius 1 is 1.16 bits per heavy atom. The molecule has 3 N–H and O–H groups in total. The maximum Gasteiger partial charge on any atom is 0.280 e. The van der Waals surface area contributed by atoms with E-state index >= 15 is 0 Å². The predicted octanol–water partition coefficient (Wildman–Crippen LogP) is 4.46. The highest BCUT2D eigenvalue weighted by atomic mass is 32.2. The molecule has 2 rings (SSSR count). The molecule has 31 heavy (non-hydrogen) atoms. The van der Waals surface area contributed by atoms with E-state index in [0.717, 1.165) is 5.56 Å². The van der Waals surface area contributed by atoms with Crippen LogP contribution in [0.4, 0.5) is 8.78 Å². The van der Waals surface area contributed by atoms with Gasteiger partial charge in [0.1, 0.15) is 15.6 Å². The Bertz CT molecular complexity index is 1010. The summed E-state index contributed by atoms with van der Waals surface area (Å²) < 4.78 is 43.3. The molecule has 170 valence electrons. The van der Waals surface area contributed by atoms with E-state index < -0.39 is 22.2 Å². The SMILES string of the molecule is CNCc1ccc(S(N)(=O)=NC(=O)Cc2c(C(C)C)cc(C(F)F)nc2C(C)C)cc1. The number of carbonyl (C=O) groups is 1. The van der Waals surface area contributed by atoms with Gasteiger partial charge in [-0.15, -0.1) is 4.36 Å². The minimum absolute atomic E-state index is 0.109. The van der Waals surface area contributed by atoms with Crippen LogP contribution in [0.3, 0.4) is 0 Å². The summed E-state index contributed by atoms with van der Waals surface area (Å²) in [4.78, 5) is 17.1. The lowest BCUT2D eigenvalue weighted by Gasteiger charge is -2.19. The monoisotopic (exact) mass is 452 g/mol. The number of benzene rings is 1. The second kappa shape index (κ2) is 10.4. The molecule has 0 fully saturated rings. The maximum absolute atomic E-state index is 13.3. The minimum Gasteiger partial charge on any atom is -0.316 e. The van der Waals surface area contributed by atoms with Crippen molar-refractivity contribution in [2.24, 2.45) is 9.50 Å². The first-order chi connectivity index (χ1) is 14.5. The standard InChI is InChI=1S/C22H30F2N4O2S/c1-13(2)17-10-19(22(23)24)27-21(14(3)4)18(17)11-20(29)28-31(25,30)16-8-6-15(7-9-16)12-26-5/h6-10,13-14,22,26H,11-12H2,1-5H3,(H2,25,28,29,30). The Morgan fingerprint density at radius 3 is 2.26 bits per heavy atom. The fourth-order valence-electron chi connectivity index (χ4n) is 3.32. The smallest absolute Gasteiger partial charge is 0.280 e. The van der Waals surface area contributed by atoms with E-state index in [9.17, 15) is 17.8 Å². The second-order valence-electron chi connectivity index (χ2n) is 8.01. The molecule has 1 aromatic carbocycles. The molecular formula is C22H30F2N4O2S. The van der Waals surface area contributed by atoms with Gasteiger partial charge < -0.3 is 5.32 Å². The lowest BCUT2D eigenvalue weighted by Crippen LogP contribution is -2.18. The van der Waals surface area contributed by atoms with Gasteiger partial charge in [0.05, 0.1) is 11.3 Å². The van der Waals surface area contributed by atoms with E-state index in [1.54, 1.807) is 24.3 Å². The summed E-state index contributed by atoms with van der Waals surface area (Å²) in [6.45, 7) is 8.01. The highest BCUT2D eigenvalue weighted by Crippen LogP contribution is 2.31. The molecule has 0 saturated carbocycles. The molecule has 0 aliphatic heterocycles. The van der Waals surface area contributed by atoms with E-state index in [-0.39, 0.29) is 28.8 Å². The van der Waals surface area contributed by atoms with Crippen molar-refractivity contribution in [1.82, 2.24) is 10.3 Å². The predicted molar refractivity (Wildman–Crippen MR) is 118 cm³/mol. The number of alkyl halides is 2. The first-order valence-electron chi connectivity index (χ1n) is 10.1. The lowest BCUT2D eigenvalue weighted by molar-refractivity contribution is -0.117. The third-order valence-electron chi connectivity index (χ3n) is 4.81. The fourth-order valence-corrected chi connectivity index (χ4v) is 4.32. The van der Waals surface area contributed by atoms with Crippen molar-refractivity contribution in [2.45, 2.75) is 63.8 Å². The van der Waals surface area contributed by atoms with Crippen LogP contribution in [-0.4, -0.2) is 22.1 Å². The zero-order valence-electron chi connectivity index (χ0n) is 18.5. The Balaban J connectivity index is 2.45. The van der Waals surface area contributed by atoms with Crippen LogP contribution in [0.25, 0.3) is 0 Å². The van der Waals surface area contributed by atoms with E-state index in [1.165, 1.54) is 6.07 Å². The number of nitrogens with one attached hydrogen (secondary N) is 1. The number of carbonyl (C=O) groups excluding carboxylic acids is 1. The van der Waals surface area contributed by atoms with Gasteiger partial charge in [-0.3, -0.25) is 9.78 Å². The molecule has 0 radical (unpaired) electrons. The molecule has 6 nitrogen and oxygen atoms in total. The molecule has 1 heterocycles. The largest absolute Gasteiger partial charge is 0.316 e. The molecule has 0 bridgehead atoms. The summed E-state index contributed by atoms with van der Waals surface area (Å²) >= 11 is 0. The summed E-state index contributed by atoms with van der Waals surface area (Å²) in [7, 11) is -1.62. The van der Waals surface area contributed by atoms with Crippen LogP contribution >= 0.6 is 0 Å². The molecular weight excluding hydrogens is 422 g/mol. The number of hydrogen-bond acceptors (Lipinski definition) is 4. The number of halogens is 2. The Morgan fingerprint density at radius 2 is 1.77 bits per heavy atom. The average Bonchev–Trinajstić information content (AvgIpc) is 2.67. The van der Waals surface area contributed by atoms with Crippen LogP contribution in [0.1, 0.15) is 74.0 Å². The fraction of sp³-hybridized carbons (Fsp3) is 0.455. The minimum atomic E-state index is -3.43.